The van der Waals surface area contributed by atoms with Crippen LogP contribution in [0.15, 0.2) is 24.3 Å². The SMILES string of the molecule is CC(=O)[C@@H](N)CCC(CCc1ccc(OCC[18F])cc1)C(=O)O. The Bertz CT molecular complexity index is 504. The lowest BCUT2D eigenvalue weighted by Gasteiger charge is -2.14. The summed E-state index contributed by atoms with van der Waals surface area (Å²) in [6.07, 6.45) is 1.84. The van der Waals surface area contributed by atoms with Gasteiger partial charge in [0.2, 0.25) is 0 Å². The lowest BCUT2D eigenvalue weighted by Crippen LogP contribution is -2.29. The van der Waals surface area contributed by atoms with Crippen molar-refractivity contribution in [1.82, 2.24) is 0 Å². The van der Waals surface area contributed by atoms with E-state index in [1.165, 1.54) is 6.92 Å². The molecule has 23 heavy (non-hydrogen) atoms. The van der Waals surface area contributed by atoms with E-state index in [1.54, 1.807) is 12.1 Å². The molecule has 0 saturated heterocycles. The van der Waals surface area contributed by atoms with Crippen molar-refractivity contribution in [3.63, 3.8) is 0 Å². The fraction of sp³-hybridized carbons (Fsp3) is 0.529. The van der Waals surface area contributed by atoms with E-state index in [4.69, 9.17) is 10.5 Å². The number of ketones is 1. The number of carbonyl (C=O) groups is 2. The number of halogens is 1. The molecule has 0 spiro atoms. The predicted molar refractivity (Wildman–Crippen MR) is 85.2 cm³/mol. The highest BCUT2D eigenvalue weighted by atomic mass is 18.2. The summed E-state index contributed by atoms with van der Waals surface area (Å²) in [5.41, 5.74) is 6.63. The molecule has 1 aromatic carbocycles. The molecule has 0 fully saturated rings. The lowest BCUT2D eigenvalue weighted by molar-refractivity contribution is -0.142. The molecule has 0 bridgehead atoms. The Hall–Kier alpha value is -1.95. The van der Waals surface area contributed by atoms with Gasteiger partial charge in [-0.3, -0.25) is 9.59 Å². The predicted octanol–water partition coefficient (Wildman–Crippen LogP) is 2.36. The maximum atomic E-state index is 12.0. The molecule has 128 valence electrons. The molecular formula is C17H24FNO4. The largest absolute Gasteiger partial charge is 0.491 e. The number of Topliss-reactive ketones (excluding diaryl/α,β-unsaturated/α-hetero) is 1. The number of aliphatic carboxylic acids is 1. The van der Waals surface area contributed by atoms with Gasteiger partial charge in [0.05, 0.1) is 12.0 Å². The van der Waals surface area contributed by atoms with Crippen LogP contribution < -0.4 is 10.5 Å². The summed E-state index contributed by atoms with van der Waals surface area (Å²) in [7, 11) is 0. The van der Waals surface area contributed by atoms with Crippen molar-refractivity contribution in [2.24, 2.45) is 11.7 Å². The second kappa shape index (κ2) is 9.94. The Morgan fingerprint density at radius 2 is 1.87 bits per heavy atom. The van der Waals surface area contributed by atoms with Crippen LogP contribution >= 0.6 is 0 Å². The number of rotatable bonds is 11. The maximum absolute atomic E-state index is 12.0. The molecular weight excluding hydrogens is 300 g/mol. The van der Waals surface area contributed by atoms with Gasteiger partial charge in [-0.05, 0) is 50.3 Å². The number of hydrogen-bond donors (Lipinski definition) is 2. The van der Waals surface area contributed by atoms with Crippen LogP contribution in [-0.2, 0) is 16.0 Å². The zero-order valence-electron chi connectivity index (χ0n) is 13.3. The van der Waals surface area contributed by atoms with Crippen molar-refractivity contribution in [1.29, 1.82) is 0 Å². The first-order chi connectivity index (χ1) is 10.9. The molecule has 0 heterocycles. The second-order valence-corrected chi connectivity index (χ2v) is 5.55. The zero-order valence-corrected chi connectivity index (χ0v) is 13.3. The minimum Gasteiger partial charge on any atom is -0.491 e. The molecule has 1 rings (SSSR count). The van der Waals surface area contributed by atoms with E-state index in [1.807, 2.05) is 12.1 Å². The Labute approximate surface area is 135 Å². The van der Waals surface area contributed by atoms with Crippen LogP contribution in [-0.4, -0.2) is 36.2 Å². The molecule has 0 aliphatic carbocycles. The van der Waals surface area contributed by atoms with Crippen molar-refractivity contribution in [3.05, 3.63) is 29.8 Å². The minimum absolute atomic E-state index is 0.0246. The molecule has 6 heteroatoms. The number of hydrogen-bond acceptors (Lipinski definition) is 4. The first kappa shape index (κ1) is 19.1. The maximum Gasteiger partial charge on any atom is 0.306 e. The minimum atomic E-state index is -0.872. The monoisotopic (exact) mass is 324 g/mol. The van der Waals surface area contributed by atoms with Gasteiger partial charge in [0.25, 0.3) is 0 Å². The van der Waals surface area contributed by atoms with E-state index >= 15 is 0 Å². The smallest absolute Gasteiger partial charge is 0.306 e. The lowest BCUT2D eigenvalue weighted by atomic mass is 9.93. The Kier molecular flexibility index (Phi) is 8.26. The fourth-order valence-corrected chi connectivity index (χ4v) is 2.22. The van der Waals surface area contributed by atoms with Crippen LogP contribution in [0.25, 0.3) is 0 Å². The number of carboxylic acid groups (broad SMARTS) is 1. The molecule has 0 amide bonds. The molecule has 2 atom stereocenters. The van der Waals surface area contributed by atoms with Gasteiger partial charge in [0.15, 0.2) is 0 Å². The number of carboxylic acids is 1. The van der Waals surface area contributed by atoms with Gasteiger partial charge < -0.3 is 15.6 Å². The van der Waals surface area contributed by atoms with Crippen LogP contribution in [0, 0.1) is 5.92 Å². The Balaban J connectivity index is 2.48. The van der Waals surface area contributed by atoms with Gasteiger partial charge in [-0.2, -0.15) is 0 Å². The van der Waals surface area contributed by atoms with E-state index in [2.05, 4.69) is 0 Å². The molecule has 0 saturated carbocycles. The zero-order chi connectivity index (χ0) is 17.2. The number of aryl methyl sites for hydroxylation is 1. The summed E-state index contributed by atoms with van der Waals surface area (Å²) in [5.74, 6) is -0.932. The van der Waals surface area contributed by atoms with Gasteiger partial charge in [-0.25, -0.2) is 4.39 Å². The van der Waals surface area contributed by atoms with Gasteiger partial charge in [-0.15, -0.1) is 0 Å². The highest BCUT2D eigenvalue weighted by Gasteiger charge is 2.19. The summed E-state index contributed by atoms with van der Waals surface area (Å²) in [6.45, 7) is 0.897. The highest BCUT2D eigenvalue weighted by Crippen LogP contribution is 2.19. The molecule has 0 radical (unpaired) electrons. The van der Waals surface area contributed by atoms with Crippen molar-refractivity contribution in [2.45, 2.75) is 38.6 Å². The molecule has 0 aromatic heterocycles. The first-order valence-corrected chi connectivity index (χ1v) is 7.70. The van der Waals surface area contributed by atoms with Gasteiger partial charge in [-0.1, -0.05) is 12.1 Å². The van der Waals surface area contributed by atoms with Crippen LogP contribution in [0.3, 0.4) is 0 Å². The third-order valence-corrected chi connectivity index (χ3v) is 3.75. The quantitative estimate of drug-likeness (QED) is 0.652. The van der Waals surface area contributed by atoms with Crippen LogP contribution in [0.5, 0.6) is 5.75 Å². The first-order valence-electron chi connectivity index (χ1n) is 7.70. The molecule has 0 aliphatic rings. The summed E-state index contributed by atoms with van der Waals surface area (Å²) >= 11 is 0. The van der Waals surface area contributed by atoms with E-state index in [-0.39, 0.29) is 12.4 Å². The Morgan fingerprint density at radius 1 is 1.22 bits per heavy atom. The van der Waals surface area contributed by atoms with Gasteiger partial charge >= 0.3 is 5.97 Å². The van der Waals surface area contributed by atoms with Gasteiger partial charge in [0.1, 0.15) is 24.8 Å². The normalized spacial score (nSPS) is 13.3. The van der Waals surface area contributed by atoms with Crippen molar-refractivity contribution in [2.75, 3.05) is 13.3 Å². The fourth-order valence-electron chi connectivity index (χ4n) is 2.22. The summed E-state index contributed by atoms with van der Waals surface area (Å²) < 4.78 is 17.2. The number of benzene rings is 1. The number of carbonyl (C=O) groups excluding carboxylic acids is 1. The standard InChI is InChI=1S/C17H24FNO4/c1-12(20)16(19)9-6-14(17(21)22)5-2-13-3-7-15(8-4-13)23-11-10-18/h3-4,7-8,14,16H,2,5-6,9-11,19H2,1H3,(H,21,22)/t14?,16-/m0/s1/i18-1. The van der Waals surface area contributed by atoms with Crippen LogP contribution in [0.1, 0.15) is 31.7 Å². The average Bonchev–Trinajstić information content (AvgIpc) is 2.53. The van der Waals surface area contributed by atoms with E-state index in [0.717, 1.165) is 5.56 Å². The van der Waals surface area contributed by atoms with Crippen molar-refractivity contribution in [3.8, 4) is 5.75 Å². The molecule has 1 aromatic rings. The molecule has 1 unspecified atom stereocenters. The molecule has 0 aliphatic heterocycles. The number of ether oxygens (including phenoxy) is 1. The number of alkyl halides is 1. The third kappa shape index (κ3) is 7.23. The average molecular weight is 324 g/mol. The molecule has 5 nitrogen and oxygen atoms in total. The Morgan fingerprint density at radius 3 is 2.39 bits per heavy atom. The summed E-state index contributed by atoms with van der Waals surface area (Å²) in [6, 6.07) is 6.57. The van der Waals surface area contributed by atoms with Gasteiger partial charge in [0, 0.05) is 0 Å². The van der Waals surface area contributed by atoms with Crippen LogP contribution in [0.4, 0.5) is 4.39 Å². The summed E-state index contributed by atoms with van der Waals surface area (Å²) in [5, 5.41) is 9.26. The van der Waals surface area contributed by atoms with E-state index in [9.17, 15) is 19.1 Å². The van der Waals surface area contributed by atoms with E-state index in [0.29, 0.717) is 31.4 Å². The third-order valence-electron chi connectivity index (χ3n) is 3.75. The van der Waals surface area contributed by atoms with Crippen LogP contribution in [0.2, 0.25) is 0 Å². The van der Waals surface area contributed by atoms with Crippen molar-refractivity contribution < 1.29 is 23.8 Å². The number of nitrogens with two attached hydrogens (primary N) is 1. The summed E-state index contributed by atoms with van der Waals surface area (Å²) in [4.78, 5) is 22.4. The second-order valence-electron chi connectivity index (χ2n) is 5.55. The highest BCUT2D eigenvalue weighted by molar-refractivity contribution is 5.81. The topological polar surface area (TPSA) is 89.6 Å². The molecule has 3 N–H and O–H groups in total. The van der Waals surface area contributed by atoms with E-state index < -0.39 is 24.6 Å². The van der Waals surface area contributed by atoms with Crippen molar-refractivity contribution >= 4 is 11.8 Å².